The zero-order chi connectivity index (χ0) is 15.5. The summed E-state index contributed by atoms with van der Waals surface area (Å²) in [7, 11) is 0. The molecule has 0 radical (unpaired) electrons. The average Bonchev–Trinajstić information content (AvgIpc) is 3.05. The smallest absolute Gasteiger partial charge is 0.422 e. The van der Waals surface area contributed by atoms with E-state index in [1.165, 1.54) is 0 Å². The molecule has 2 fully saturated rings. The monoisotopic (exact) mass is 308 g/mol. The summed E-state index contributed by atoms with van der Waals surface area (Å²) in [6.07, 6.45) is -0.634. The molecule has 120 valence electrons. The van der Waals surface area contributed by atoms with Crippen LogP contribution in [0.25, 0.3) is 0 Å². The van der Waals surface area contributed by atoms with Gasteiger partial charge in [-0.05, 0) is 25.7 Å². The van der Waals surface area contributed by atoms with Gasteiger partial charge in [-0.1, -0.05) is 12.8 Å². The van der Waals surface area contributed by atoms with Crippen LogP contribution in [0, 0.1) is 0 Å². The molecule has 1 unspecified atom stereocenters. The Morgan fingerprint density at radius 2 is 1.81 bits per heavy atom. The number of nitrogens with one attached hydrogen (secondary N) is 1. The highest BCUT2D eigenvalue weighted by Gasteiger charge is 2.38. The van der Waals surface area contributed by atoms with E-state index >= 15 is 0 Å². The molecule has 2 rings (SSSR count). The summed E-state index contributed by atoms with van der Waals surface area (Å²) in [6.45, 7) is -1.38. The summed E-state index contributed by atoms with van der Waals surface area (Å²) < 4.78 is 40.4. The largest absolute Gasteiger partial charge is 0.440 e. The quantitative estimate of drug-likeness (QED) is 0.869. The molecule has 1 aliphatic heterocycles. The number of nitrogens with zero attached hydrogens (tertiary/aromatic N) is 1. The number of hydrogen-bond acceptors (Lipinski definition) is 3. The molecule has 0 spiro atoms. The minimum atomic E-state index is -4.56. The van der Waals surface area contributed by atoms with Crippen LogP contribution in [0.15, 0.2) is 0 Å². The lowest BCUT2D eigenvalue weighted by molar-refractivity contribution is -0.162. The number of amides is 2. The molecule has 1 atom stereocenters. The molecule has 0 aromatic rings. The first-order valence-corrected chi connectivity index (χ1v) is 7.17. The number of halogens is 3. The van der Waals surface area contributed by atoms with Crippen LogP contribution in [0.3, 0.4) is 0 Å². The predicted octanol–water partition coefficient (Wildman–Crippen LogP) is 2.21. The Hall–Kier alpha value is -1.47. The number of likely N-dealkylation sites (tertiary alicyclic amines) is 1. The van der Waals surface area contributed by atoms with Crippen LogP contribution in [-0.4, -0.2) is 48.3 Å². The molecule has 0 aromatic carbocycles. The highest BCUT2D eigenvalue weighted by molar-refractivity contribution is 5.86. The van der Waals surface area contributed by atoms with Crippen molar-refractivity contribution < 1.29 is 27.5 Å². The fourth-order valence-corrected chi connectivity index (χ4v) is 2.85. The summed E-state index contributed by atoms with van der Waals surface area (Å²) in [6, 6.07) is -0.600. The Balaban J connectivity index is 1.86. The Morgan fingerprint density at radius 3 is 2.43 bits per heavy atom. The normalized spacial score (nSPS) is 23.4. The fourth-order valence-electron chi connectivity index (χ4n) is 2.85. The third-order valence-electron chi connectivity index (χ3n) is 3.85. The molecule has 1 saturated carbocycles. The van der Waals surface area contributed by atoms with Crippen LogP contribution in [0.2, 0.25) is 0 Å². The third-order valence-corrected chi connectivity index (χ3v) is 3.85. The highest BCUT2D eigenvalue weighted by atomic mass is 19.4. The van der Waals surface area contributed by atoms with Crippen molar-refractivity contribution in [3.8, 4) is 0 Å². The van der Waals surface area contributed by atoms with Crippen molar-refractivity contribution in [2.24, 2.45) is 0 Å². The van der Waals surface area contributed by atoms with Gasteiger partial charge in [0.05, 0.1) is 0 Å². The van der Waals surface area contributed by atoms with Crippen LogP contribution < -0.4 is 5.32 Å². The predicted molar refractivity (Wildman–Crippen MR) is 67.5 cm³/mol. The first-order valence-electron chi connectivity index (χ1n) is 7.17. The van der Waals surface area contributed by atoms with E-state index in [0.29, 0.717) is 12.8 Å². The Morgan fingerprint density at radius 1 is 1.14 bits per heavy atom. The second-order valence-electron chi connectivity index (χ2n) is 5.51. The number of carbonyl (C=O) groups is 2. The zero-order valence-electron chi connectivity index (χ0n) is 11.6. The van der Waals surface area contributed by atoms with Crippen molar-refractivity contribution >= 4 is 12.0 Å². The molecule has 1 saturated heterocycles. The summed E-state index contributed by atoms with van der Waals surface area (Å²) in [5.74, 6) is -0.289. The van der Waals surface area contributed by atoms with Crippen molar-refractivity contribution in [3.05, 3.63) is 0 Å². The summed E-state index contributed by atoms with van der Waals surface area (Å²) >= 11 is 0. The van der Waals surface area contributed by atoms with Crippen molar-refractivity contribution in [2.75, 3.05) is 13.2 Å². The highest BCUT2D eigenvalue weighted by Crippen LogP contribution is 2.22. The van der Waals surface area contributed by atoms with Gasteiger partial charge in [0.1, 0.15) is 6.04 Å². The van der Waals surface area contributed by atoms with Gasteiger partial charge in [-0.3, -0.25) is 9.69 Å². The maximum Gasteiger partial charge on any atom is 0.422 e. The van der Waals surface area contributed by atoms with E-state index in [1.807, 2.05) is 0 Å². The molecule has 1 heterocycles. The molecule has 0 bridgehead atoms. The van der Waals surface area contributed by atoms with Gasteiger partial charge in [0.2, 0.25) is 5.91 Å². The van der Waals surface area contributed by atoms with E-state index < -0.39 is 24.9 Å². The minimum absolute atomic E-state index is 0.117. The Bertz CT molecular complexity index is 395. The molecule has 1 aliphatic carbocycles. The third kappa shape index (κ3) is 4.50. The second kappa shape index (κ2) is 6.53. The molecule has 2 aliphatic rings. The molecule has 1 N–H and O–H groups in total. The average molecular weight is 308 g/mol. The summed E-state index contributed by atoms with van der Waals surface area (Å²) in [4.78, 5) is 24.9. The van der Waals surface area contributed by atoms with E-state index in [4.69, 9.17) is 0 Å². The van der Waals surface area contributed by atoms with Gasteiger partial charge in [0.15, 0.2) is 6.61 Å². The SMILES string of the molecule is O=C(NC1CCCC1)C1CCCN1C(=O)OCC(F)(F)F. The topological polar surface area (TPSA) is 58.6 Å². The van der Waals surface area contributed by atoms with Crippen LogP contribution in [0.5, 0.6) is 0 Å². The van der Waals surface area contributed by atoms with Gasteiger partial charge in [-0.2, -0.15) is 13.2 Å². The summed E-state index contributed by atoms with van der Waals surface area (Å²) in [5.41, 5.74) is 0. The van der Waals surface area contributed by atoms with Crippen LogP contribution in [-0.2, 0) is 9.53 Å². The molecule has 5 nitrogen and oxygen atoms in total. The second-order valence-corrected chi connectivity index (χ2v) is 5.51. The first-order chi connectivity index (χ1) is 9.87. The van der Waals surface area contributed by atoms with Crippen molar-refractivity contribution in [3.63, 3.8) is 0 Å². The van der Waals surface area contributed by atoms with Gasteiger partial charge in [-0.25, -0.2) is 4.79 Å². The van der Waals surface area contributed by atoms with Crippen LogP contribution >= 0.6 is 0 Å². The molecular weight excluding hydrogens is 289 g/mol. The van der Waals surface area contributed by atoms with Gasteiger partial charge < -0.3 is 10.1 Å². The lowest BCUT2D eigenvalue weighted by Gasteiger charge is -2.25. The van der Waals surface area contributed by atoms with Gasteiger partial charge >= 0.3 is 12.3 Å². The molecule has 2 amide bonds. The van der Waals surface area contributed by atoms with Gasteiger partial charge in [0, 0.05) is 12.6 Å². The van der Waals surface area contributed by atoms with Crippen LogP contribution in [0.1, 0.15) is 38.5 Å². The standard InChI is InChI=1S/C13H19F3N2O3/c14-13(15,16)8-21-12(20)18-7-3-6-10(18)11(19)17-9-4-1-2-5-9/h9-10H,1-8H2,(H,17,19). The van der Waals surface area contributed by atoms with E-state index in [0.717, 1.165) is 30.6 Å². The molecule has 21 heavy (non-hydrogen) atoms. The Labute approximate surface area is 120 Å². The first kappa shape index (κ1) is 15.9. The molecular formula is C13H19F3N2O3. The van der Waals surface area contributed by atoms with Crippen molar-refractivity contribution in [1.82, 2.24) is 10.2 Å². The van der Waals surface area contributed by atoms with E-state index in [2.05, 4.69) is 10.1 Å². The molecule has 8 heteroatoms. The lowest BCUT2D eigenvalue weighted by atomic mass is 10.2. The minimum Gasteiger partial charge on any atom is -0.440 e. The maximum atomic E-state index is 12.1. The van der Waals surface area contributed by atoms with E-state index in [1.54, 1.807) is 0 Å². The number of carbonyl (C=O) groups excluding carboxylic acids is 2. The van der Waals surface area contributed by atoms with E-state index in [-0.39, 0.29) is 18.5 Å². The molecule has 0 aromatic heterocycles. The maximum absolute atomic E-state index is 12.1. The number of hydrogen-bond donors (Lipinski definition) is 1. The van der Waals surface area contributed by atoms with Crippen molar-refractivity contribution in [2.45, 2.75) is 56.8 Å². The number of rotatable bonds is 3. The van der Waals surface area contributed by atoms with E-state index in [9.17, 15) is 22.8 Å². The van der Waals surface area contributed by atoms with Crippen molar-refractivity contribution in [1.29, 1.82) is 0 Å². The summed E-state index contributed by atoms with van der Waals surface area (Å²) in [5, 5.41) is 2.87. The number of alkyl halides is 3. The zero-order valence-corrected chi connectivity index (χ0v) is 11.6. The number of ether oxygens (including phenoxy) is 1. The van der Waals surface area contributed by atoms with Gasteiger partial charge in [-0.15, -0.1) is 0 Å². The van der Waals surface area contributed by atoms with Crippen LogP contribution in [0.4, 0.5) is 18.0 Å². The Kier molecular flexibility index (Phi) is 4.95. The lowest BCUT2D eigenvalue weighted by Crippen LogP contribution is -2.48. The fraction of sp³-hybridized carbons (Fsp3) is 0.846. The van der Waals surface area contributed by atoms with Gasteiger partial charge in [0.25, 0.3) is 0 Å².